The molecule has 16 heavy (non-hydrogen) atoms. The Hall–Kier alpha value is 0.0700. The van der Waals surface area contributed by atoms with Gasteiger partial charge in [0, 0.05) is 12.6 Å². The normalized spacial score (nSPS) is 24.3. The van der Waals surface area contributed by atoms with Crippen LogP contribution < -0.4 is 5.73 Å². The lowest BCUT2D eigenvalue weighted by atomic mass is 10.1. The van der Waals surface area contributed by atoms with E-state index in [9.17, 15) is 4.79 Å². The van der Waals surface area contributed by atoms with Crippen LogP contribution in [0.25, 0.3) is 0 Å². The number of halogens is 1. The van der Waals surface area contributed by atoms with Crippen molar-refractivity contribution in [2.45, 2.75) is 32.7 Å². The Morgan fingerprint density at radius 3 is 2.75 bits per heavy atom. The second-order valence-corrected chi connectivity index (χ2v) is 5.39. The van der Waals surface area contributed by atoms with Crippen LogP contribution in [0, 0.1) is 5.92 Å². The van der Waals surface area contributed by atoms with Gasteiger partial charge in [0.25, 0.3) is 0 Å². The molecule has 1 fully saturated rings. The van der Waals surface area contributed by atoms with E-state index in [-0.39, 0.29) is 18.3 Å². The second kappa shape index (κ2) is 8.20. The summed E-state index contributed by atoms with van der Waals surface area (Å²) in [6, 6.07) is 0.383. The van der Waals surface area contributed by atoms with Crippen LogP contribution in [0.2, 0.25) is 0 Å². The smallest absolute Gasteiger partial charge is 0.232 e. The van der Waals surface area contributed by atoms with Crippen LogP contribution in [-0.2, 0) is 4.79 Å². The zero-order valence-corrected chi connectivity index (χ0v) is 11.8. The average Bonchev–Trinajstić information content (AvgIpc) is 2.60. The van der Waals surface area contributed by atoms with Gasteiger partial charge in [-0.25, -0.2) is 0 Å². The first-order valence-electron chi connectivity index (χ1n) is 5.76. The molecule has 1 heterocycles. The summed E-state index contributed by atoms with van der Waals surface area (Å²) < 4.78 is 0. The summed E-state index contributed by atoms with van der Waals surface area (Å²) >= 11 is 1.74. The molecule has 1 rings (SSSR count). The van der Waals surface area contributed by atoms with Gasteiger partial charge >= 0.3 is 0 Å². The van der Waals surface area contributed by atoms with Crippen LogP contribution in [0.15, 0.2) is 0 Å². The summed E-state index contributed by atoms with van der Waals surface area (Å²) in [5.41, 5.74) is 5.64. The topological polar surface area (TPSA) is 46.3 Å². The van der Waals surface area contributed by atoms with Gasteiger partial charge in [0.2, 0.25) is 5.91 Å². The number of nitrogens with two attached hydrogens (primary N) is 1. The molecule has 0 aliphatic carbocycles. The molecule has 0 saturated carbocycles. The highest BCUT2D eigenvalue weighted by Gasteiger charge is 2.30. The SMILES string of the molecule is CCCSCC(=O)N1CC(CN)CC1C.Cl. The van der Waals surface area contributed by atoms with Crippen LogP contribution in [0.5, 0.6) is 0 Å². The van der Waals surface area contributed by atoms with E-state index in [2.05, 4.69) is 13.8 Å². The van der Waals surface area contributed by atoms with Gasteiger partial charge in [0.15, 0.2) is 0 Å². The maximum Gasteiger partial charge on any atom is 0.232 e. The molecule has 5 heteroatoms. The third-order valence-corrected chi connectivity index (χ3v) is 4.04. The standard InChI is InChI=1S/C11H22N2OS.ClH/c1-3-4-15-8-11(14)13-7-10(6-12)5-9(13)2;/h9-10H,3-8,12H2,1-2H3;1H. The molecule has 1 aliphatic heterocycles. The minimum absolute atomic E-state index is 0. The lowest BCUT2D eigenvalue weighted by Gasteiger charge is -2.21. The van der Waals surface area contributed by atoms with E-state index in [1.165, 1.54) is 0 Å². The van der Waals surface area contributed by atoms with Gasteiger partial charge in [0.1, 0.15) is 0 Å². The maximum atomic E-state index is 11.9. The third kappa shape index (κ3) is 4.52. The molecular formula is C11H23ClN2OS. The van der Waals surface area contributed by atoms with Crippen molar-refractivity contribution in [3.63, 3.8) is 0 Å². The molecule has 0 aromatic heterocycles. The second-order valence-electron chi connectivity index (χ2n) is 4.29. The highest BCUT2D eigenvalue weighted by Crippen LogP contribution is 2.22. The predicted molar refractivity (Wildman–Crippen MR) is 73.2 cm³/mol. The van der Waals surface area contributed by atoms with Crippen molar-refractivity contribution in [2.75, 3.05) is 24.6 Å². The molecule has 1 aliphatic rings. The number of hydrogen-bond acceptors (Lipinski definition) is 3. The molecular weight excluding hydrogens is 244 g/mol. The minimum atomic E-state index is 0. The Kier molecular flexibility index (Phi) is 8.24. The van der Waals surface area contributed by atoms with Crippen LogP contribution in [0.1, 0.15) is 26.7 Å². The summed E-state index contributed by atoms with van der Waals surface area (Å²) in [6.45, 7) is 5.83. The number of hydrogen-bond donors (Lipinski definition) is 1. The molecule has 1 saturated heterocycles. The number of nitrogens with zero attached hydrogens (tertiary/aromatic N) is 1. The van der Waals surface area contributed by atoms with Crippen LogP contribution >= 0.6 is 24.2 Å². The zero-order valence-electron chi connectivity index (χ0n) is 10.1. The van der Waals surface area contributed by atoms with Crippen LogP contribution in [-0.4, -0.2) is 41.4 Å². The molecule has 0 radical (unpaired) electrons. The first-order valence-corrected chi connectivity index (χ1v) is 6.91. The number of rotatable bonds is 5. The Balaban J connectivity index is 0.00000225. The van der Waals surface area contributed by atoms with Crippen molar-refractivity contribution >= 4 is 30.1 Å². The largest absolute Gasteiger partial charge is 0.339 e. The Bertz CT molecular complexity index is 216. The van der Waals surface area contributed by atoms with E-state index in [0.29, 0.717) is 24.3 Å². The monoisotopic (exact) mass is 266 g/mol. The summed E-state index contributed by atoms with van der Waals surface area (Å²) in [7, 11) is 0. The van der Waals surface area contributed by atoms with Crippen molar-refractivity contribution in [3.8, 4) is 0 Å². The van der Waals surface area contributed by atoms with E-state index in [1.54, 1.807) is 11.8 Å². The van der Waals surface area contributed by atoms with E-state index in [1.807, 2.05) is 4.90 Å². The molecule has 2 atom stereocenters. The van der Waals surface area contributed by atoms with Crippen LogP contribution in [0.3, 0.4) is 0 Å². The fraction of sp³-hybridized carbons (Fsp3) is 0.909. The molecule has 1 amide bonds. The molecule has 3 nitrogen and oxygen atoms in total. The number of carbonyl (C=O) groups excluding carboxylic acids is 1. The highest BCUT2D eigenvalue weighted by molar-refractivity contribution is 7.99. The Morgan fingerprint density at radius 2 is 2.25 bits per heavy atom. The van der Waals surface area contributed by atoms with Crippen molar-refractivity contribution in [1.29, 1.82) is 0 Å². The molecule has 0 aromatic rings. The Morgan fingerprint density at radius 1 is 1.56 bits per heavy atom. The van der Waals surface area contributed by atoms with Gasteiger partial charge in [-0.3, -0.25) is 4.79 Å². The van der Waals surface area contributed by atoms with Crippen molar-refractivity contribution in [2.24, 2.45) is 11.7 Å². The third-order valence-electron chi connectivity index (χ3n) is 2.89. The van der Waals surface area contributed by atoms with Crippen molar-refractivity contribution < 1.29 is 4.79 Å². The van der Waals surface area contributed by atoms with Gasteiger partial charge < -0.3 is 10.6 Å². The lowest BCUT2D eigenvalue weighted by Crippen LogP contribution is -2.35. The van der Waals surface area contributed by atoms with Gasteiger partial charge in [-0.1, -0.05) is 6.92 Å². The Labute approximate surface area is 109 Å². The van der Waals surface area contributed by atoms with Gasteiger partial charge in [0.05, 0.1) is 5.75 Å². The summed E-state index contributed by atoms with van der Waals surface area (Å²) in [6.07, 6.45) is 2.21. The summed E-state index contributed by atoms with van der Waals surface area (Å²) in [5, 5.41) is 0. The maximum absolute atomic E-state index is 11.9. The van der Waals surface area contributed by atoms with E-state index >= 15 is 0 Å². The predicted octanol–water partition coefficient (Wildman–Crippen LogP) is 1.75. The van der Waals surface area contributed by atoms with Crippen molar-refractivity contribution in [1.82, 2.24) is 4.90 Å². The average molecular weight is 267 g/mol. The summed E-state index contributed by atoms with van der Waals surface area (Å²) in [4.78, 5) is 13.9. The number of amides is 1. The summed E-state index contributed by atoms with van der Waals surface area (Å²) in [5.74, 6) is 2.51. The van der Waals surface area contributed by atoms with Gasteiger partial charge in [-0.15, -0.1) is 12.4 Å². The van der Waals surface area contributed by atoms with Gasteiger partial charge in [-0.05, 0) is 38.0 Å². The molecule has 0 aromatic carbocycles. The molecule has 0 bridgehead atoms. The zero-order chi connectivity index (χ0) is 11.3. The van der Waals surface area contributed by atoms with Crippen molar-refractivity contribution in [3.05, 3.63) is 0 Å². The van der Waals surface area contributed by atoms with E-state index in [0.717, 1.165) is 25.1 Å². The minimum Gasteiger partial charge on any atom is -0.339 e. The first-order chi connectivity index (χ1) is 7.19. The van der Waals surface area contributed by atoms with E-state index in [4.69, 9.17) is 5.73 Å². The highest BCUT2D eigenvalue weighted by atomic mass is 35.5. The fourth-order valence-corrected chi connectivity index (χ4v) is 2.82. The van der Waals surface area contributed by atoms with Gasteiger partial charge in [-0.2, -0.15) is 11.8 Å². The molecule has 2 unspecified atom stereocenters. The van der Waals surface area contributed by atoms with E-state index < -0.39 is 0 Å². The fourth-order valence-electron chi connectivity index (χ4n) is 2.05. The molecule has 0 spiro atoms. The molecule has 2 N–H and O–H groups in total. The number of carbonyl (C=O) groups is 1. The number of likely N-dealkylation sites (tertiary alicyclic amines) is 1. The lowest BCUT2D eigenvalue weighted by molar-refractivity contribution is -0.128. The first kappa shape index (κ1) is 16.1. The molecule has 96 valence electrons. The quantitative estimate of drug-likeness (QED) is 0.772. The number of thioether (sulfide) groups is 1. The van der Waals surface area contributed by atoms with Crippen LogP contribution in [0.4, 0.5) is 0 Å².